The van der Waals surface area contributed by atoms with Gasteiger partial charge >= 0.3 is 5.97 Å². The normalized spacial score (nSPS) is 25.4. The van der Waals surface area contributed by atoms with Gasteiger partial charge in [0.2, 0.25) is 0 Å². The minimum absolute atomic E-state index is 0.146. The fourth-order valence-electron chi connectivity index (χ4n) is 2.83. The van der Waals surface area contributed by atoms with Crippen molar-refractivity contribution in [1.29, 1.82) is 0 Å². The van der Waals surface area contributed by atoms with E-state index < -0.39 is 5.41 Å². The van der Waals surface area contributed by atoms with Crippen LogP contribution in [0, 0.1) is 11.3 Å². The van der Waals surface area contributed by atoms with Crippen LogP contribution in [0.4, 0.5) is 0 Å². The molecule has 0 unspecified atom stereocenters. The van der Waals surface area contributed by atoms with E-state index in [1.807, 2.05) is 24.3 Å². The Kier molecular flexibility index (Phi) is 5.23. The van der Waals surface area contributed by atoms with Gasteiger partial charge in [-0.15, -0.1) is 0 Å². The predicted molar refractivity (Wildman–Crippen MR) is 81.9 cm³/mol. The third-order valence-corrected chi connectivity index (χ3v) is 4.58. The van der Waals surface area contributed by atoms with Crippen molar-refractivity contribution in [2.24, 2.45) is 17.1 Å². The standard InChI is InChI=1S/C17H25NO3/c1-13-7-9-17(12-18,10-8-13)16(19)21-11-14-3-5-15(20-2)6-4-14/h3-6,13H,7-12,18H2,1-2H3. The monoisotopic (exact) mass is 291 g/mol. The molecule has 116 valence electrons. The van der Waals surface area contributed by atoms with E-state index in [-0.39, 0.29) is 5.97 Å². The molecule has 2 N–H and O–H groups in total. The van der Waals surface area contributed by atoms with Gasteiger partial charge in [0.25, 0.3) is 0 Å². The summed E-state index contributed by atoms with van der Waals surface area (Å²) in [6.07, 6.45) is 3.78. The molecule has 0 atom stereocenters. The molecule has 1 aromatic rings. The van der Waals surface area contributed by atoms with Crippen LogP contribution in [0.2, 0.25) is 0 Å². The molecule has 4 heteroatoms. The highest BCUT2D eigenvalue weighted by atomic mass is 16.5. The summed E-state index contributed by atoms with van der Waals surface area (Å²) in [5.74, 6) is 1.33. The Morgan fingerprint density at radius 2 is 1.90 bits per heavy atom. The van der Waals surface area contributed by atoms with Gasteiger partial charge in [0.05, 0.1) is 12.5 Å². The Balaban J connectivity index is 1.93. The first-order valence-corrected chi connectivity index (χ1v) is 7.60. The molecule has 1 aliphatic carbocycles. The Hall–Kier alpha value is -1.55. The molecule has 0 saturated heterocycles. The lowest BCUT2D eigenvalue weighted by molar-refractivity contribution is -0.159. The number of carbonyl (C=O) groups is 1. The molecular formula is C17H25NO3. The lowest BCUT2D eigenvalue weighted by Crippen LogP contribution is -2.42. The van der Waals surface area contributed by atoms with E-state index in [1.165, 1.54) is 0 Å². The van der Waals surface area contributed by atoms with E-state index in [0.717, 1.165) is 37.0 Å². The van der Waals surface area contributed by atoms with Crippen LogP contribution in [-0.2, 0) is 16.1 Å². The third kappa shape index (κ3) is 3.76. The van der Waals surface area contributed by atoms with Gasteiger partial charge in [-0.1, -0.05) is 19.1 Å². The maximum absolute atomic E-state index is 12.4. The van der Waals surface area contributed by atoms with Crippen molar-refractivity contribution in [3.05, 3.63) is 29.8 Å². The van der Waals surface area contributed by atoms with E-state index in [4.69, 9.17) is 15.2 Å². The quantitative estimate of drug-likeness (QED) is 0.847. The molecule has 21 heavy (non-hydrogen) atoms. The SMILES string of the molecule is COc1ccc(COC(=O)C2(CN)CCC(C)CC2)cc1. The molecule has 1 aromatic carbocycles. The minimum Gasteiger partial charge on any atom is -0.497 e. The summed E-state index contributed by atoms with van der Waals surface area (Å²) in [5.41, 5.74) is 6.36. The van der Waals surface area contributed by atoms with Crippen LogP contribution in [0.3, 0.4) is 0 Å². The van der Waals surface area contributed by atoms with Crippen molar-refractivity contribution in [3.63, 3.8) is 0 Å². The van der Waals surface area contributed by atoms with Crippen molar-refractivity contribution < 1.29 is 14.3 Å². The van der Waals surface area contributed by atoms with Crippen molar-refractivity contribution in [2.75, 3.05) is 13.7 Å². The van der Waals surface area contributed by atoms with E-state index in [1.54, 1.807) is 7.11 Å². The number of methoxy groups -OCH3 is 1. The Labute approximate surface area is 126 Å². The van der Waals surface area contributed by atoms with Crippen molar-refractivity contribution >= 4 is 5.97 Å². The predicted octanol–water partition coefficient (Wildman–Crippen LogP) is 2.89. The highest BCUT2D eigenvalue weighted by Gasteiger charge is 2.41. The first kappa shape index (κ1) is 15.8. The maximum Gasteiger partial charge on any atom is 0.313 e. The number of ether oxygens (including phenoxy) is 2. The van der Waals surface area contributed by atoms with E-state index >= 15 is 0 Å². The maximum atomic E-state index is 12.4. The van der Waals surface area contributed by atoms with Crippen LogP contribution in [0.1, 0.15) is 38.2 Å². The fraction of sp³-hybridized carbons (Fsp3) is 0.588. The van der Waals surface area contributed by atoms with Crippen molar-refractivity contribution in [3.8, 4) is 5.75 Å². The first-order chi connectivity index (χ1) is 10.1. The highest BCUT2D eigenvalue weighted by Crippen LogP contribution is 2.39. The van der Waals surface area contributed by atoms with Crippen LogP contribution in [0.15, 0.2) is 24.3 Å². The minimum atomic E-state index is -0.473. The second kappa shape index (κ2) is 6.94. The summed E-state index contributed by atoms with van der Waals surface area (Å²) < 4.78 is 10.6. The van der Waals surface area contributed by atoms with Crippen LogP contribution >= 0.6 is 0 Å². The molecule has 0 bridgehead atoms. The molecule has 0 amide bonds. The largest absolute Gasteiger partial charge is 0.497 e. The zero-order valence-electron chi connectivity index (χ0n) is 12.9. The third-order valence-electron chi connectivity index (χ3n) is 4.58. The van der Waals surface area contributed by atoms with Gasteiger partial charge in [0, 0.05) is 6.54 Å². The molecule has 1 saturated carbocycles. The zero-order valence-corrected chi connectivity index (χ0v) is 12.9. The molecular weight excluding hydrogens is 266 g/mol. The van der Waals surface area contributed by atoms with Crippen LogP contribution < -0.4 is 10.5 Å². The smallest absolute Gasteiger partial charge is 0.313 e. The second-order valence-corrected chi connectivity index (χ2v) is 6.09. The van der Waals surface area contributed by atoms with Gasteiger partial charge < -0.3 is 15.2 Å². The van der Waals surface area contributed by atoms with Gasteiger partial charge in [-0.25, -0.2) is 0 Å². The number of esters is 1. The van der Waals surface area contributed by atoms with E-state index in [0.29, 0.717) is 19.1 Å². The molecule has 0 aliphatic heterocycles. The molecule has 0 spiro atoms. The van der Waals surface area contributed by atoms with Crippen LogP contribution in [-0.4, -0.2) is 19.6 Å². The van der Waals surface area contributed by atoms with E-state index in [2.05, 4.69) is 6.92 Å². The van der Waals surface area contributed by atoms with E-state index in [9.17, 15) is 4.79 Å². The van der Waals surface area contributed by atoms with Gasteiger partial charge in [0.1, 0.15) is 12.4 Å². The number of benzene rings is 1. The summed E-state index contributed by atoms with van der Waals surface area (Å²) in [5, 5.41) is 0. The average molecular weight is 291 g/mol. The molecule has 4 nitrogen and oxygen atoms in total. The number of rotatable bonds is 5. The second-order valence-electron chi connectivity index (χ2n) is 6.09. The highest BCUT2D eigenvalue weighted by molar-refractivity contribution is 5.77. The van der Waals surface area contributed by atoms with Crippen LogP contribution in [0.25, 0.3) is 0 Å². The van der Waals surface area contributed by atoms with Gasteiger partial charge in [0.15, 0.2) is 0 Å². The first-order valence-electron chi connectivity index (χ1n) is 7.60. The summed E-state index contributed by atoms with van der Waals surface area (Å²) in [6, 6.07) is 7.54. The Bertz CT molecular complexity index is 461. The number of hydrogen-bond acceptors (Lipinski definition) is 4. The Morgan fingerprint density at radius 1 is 1.29 bits per heavy atom. The Morgan fingerprint density at radius 3 is 2.43 bits per heavy atom. The fourth-order valence-corrected chi connectivity index (χ4v) is 2.83. The van der Waals surface area contributed by atoms with Crippen molar-refractivity contribution in [2.45, 2.75) is 39.2 Å². The number of nitrogens with two attached hydrogens (primary N) is 1. The van der Waals surface area contributed by atoms with Crippen molar-refractivity contribution in [1.82, 2.24) is 0 Å². The summed E-state index contributed by atoms with van der Waals surface area (Å²) in [7, 11) is 1.63. The molecule has 0 radical (unpaired) electrons. The topological polar surface area (TPSA) is 61.5 Å². The molecule has 0 heterocycles. The summed E-state index contributed by atoms with van der Waals surface area (Å²) >= 11 is 0. The molecule has 1 fully saturated rings. The number of hydrogen-bond donors (Lipinski definition) is 1. The van der Waals surface area contributed by atoms with Gasteiger partial charge in [-0.3, -0.25) is 4.79 Å². The van der Waals surface area contributed by atoms with Crippen LogP contribution in [0.5, 0.6) is 5.75 Å². The lowest BCUT2D eigenvalue weighted by atomic mass is 9.71. The zero-order chi connectivity index (χ0) is 15.3. The van der Waals surface area contributed by atoms with Gasteiger partial charge in [-0.05, 0) is 49.3 Å². The summed E-state index contributed by atoms with van der Waals surface area (Å²) in [4.78, 5) is 12.4. The molecule has 2 rings (SSSR count). The number of carbonyl (C=O) groups excluding carboxylic acids is 1. The molecule has 0 aromatic heterocycles. The summed E-state index contributed by atoms with van der Waals surface area (Å²) in [6.45, 7) is 2.89. The molecule has 1 aliphatic rings. The average Bonchev–Trinajstić information content (AvgIpc) is 2.54. The van der Waals surface area contributed by atoms with Gasteiger partial charge in [-0.2, -0.15) is 0 Å². The lowest BCUT2D eigenvalue weighted by Gasteiger charge is -2.36.